The van der Waals surface area contributed by atoms with Crippen molar-refractivity contribution in [3.05, 3.63) is 77.7 Å². The number of halogens is 1. The molecule has 0 bridgehead atoms. The maximum atomic E-state index is 13.4. The molecule has 29 heavy (non-hydrogen) atoms. The van der Waals surface area contributed by atoms with Gasteiger partial charge in [-0.05, 0) is 48.7 Å². The van der Waals surface area contributed by atoms with Crippen LogP contribution in [0, 0.1) is 5.82 Å². The first-order valence-electron chi connectivity index (χ1n) is 10.1. The average Bonchev–Trinajstić information content (AvgIpc) is 3.51. The number of aromatic nitrogens is 2. The summed E-state index contributed by atoms with van der Waals surface area (Å²) in [6.45, 7) is 2.46. The Hall–Kier alpha value is -2.99. The first-order valence-corrected chi connectivity index (χ1v) is 10.1. The number of rotatable bonds is 4. The number of nitrogens with zero attached hydrogens (tertiary/aromatic N) is 3. The van der Waals surface area contributed by atoms with Crippen molar-refractivity contribution in [1.82, 2.24) is 20.0 Å². The molecular formula is C23H23FN4O. The number of nitrogens with one attached hydrogen (secondary N) is 1. The molecule has 1 aliphatic carbocycles. The Kier molecular flexibility index (Phi) is 4.64. The van der Waals surface area contributed by atoms with Gasteiger partial charge in [-0.15, -0.1) is 0 Å². The SMILES string of the molecule is O=C(c1cc(-c2ccc(F)cc2)n[nH]1)N1CCN(C2CC2)CC1c1ccccc1. The Balaban J connectivity index is 1.40. The molecule has 5 nitrogen and oxygen atoms in total. The molecule has 1 aromatic heterocycles. The van der Waals surface area contributed by atoms with Crippen LogP contribution in [0.4, 0.5) is 4.39 Å². The number of piperazine rings is 1. The zero-order valence-electron chi connectivity index (χ0n) is 16.1. The fraction of sp³-hybridized carbons (Fsp3) is 0.304. The maximum Gasteiger partial charge on any atom is 0.272 e. The summed E-state index contributed by atoms with van der Waals surface area (Å²) in [5.41, 5.74) is 3.04. The summed E-state index contributed by atoms with van der Waals surface area (Å²) in [5, 5.41) is 7.16. The van der Waals surface area contributed by atoms with Gasteiger partial charge in [0.2, 0.25) is 0 Å². The van der Waals surface area contributed by atoms with E-state index >= 15 is 0 Å². The number of amides is 1. The number of H-pyrrole nitrogens is 1. The molecule has 1 atom stereocenters. The Morgan fingerprint density at radius 1 is 1.03 bits per heavy atom. The standard InChI is InChI=1S/C23H23FN4O/c24-18-8-6-16(7-9-18)20-14-21(26-25-20)23(29)28-13-12-27(19-10-11-19)15-22(28)17-4-2-1-3-5-17/h1-9,14,19,22H,10-13,15H2,(H,25,26). The van der Waals surface area contributed by atoms with Crippen LogP contribution in [0.25, 0.3) is 11.3 Å². The first kappa shape index (κ1) is 18.1. The summed E-state index contributed by atoms with van der Waals surface area (Å²) in [4.78, 5) is 17.8. The second kappa shape index (κ2) is 7.44. The van der Waals surface area contributed by atoms with Gasteiger partial charge in [-0.2, -0.15) is 5.10 Å². The zero-order chi connectivity index (χ0) is 19.8. The molecule has 2 fully saturated rings. The van der Waals surface area contributed by atoms with E-state index in [9.17, 15) is 9.18 Å². The molecule has 1 amide bonds. The summed E-state index contributed by atoms with van der Waals surface area (Å²) in [5.74, 6) is -0.338. The van der Waals surface area contributed by atoms with Crippen molar-refractivity contribution in [3.8, 4) is 11.3 Å². The van der Waals surface area contributed by atoms with Crippen molar-refractivity contribution in [1.29, 1.82) is 0 Å². The summed E-state index contributed by atoms with van der Waals surface area (Å²) in [6, 6.07) is 18.8. The van der Waals surface area contributed by atoms with Gasteiger partial charge >= 0.3 is 0 Å². The lowest BCUT2D eigenvalue weighted by atomic mass is 10.0. The maximum absolute atomic E-state index is 13.4. The van der Waals surface area contributed by atoms with Crippen LogP contribution < -0.4 is 0 Å². The van der Waals surface area contributed by atoms with Gasteiger partial charge < -0.3 is 4.90 Å². The molecule has 0 radical (unpaired) electrons. The molecule has 0 spiro atoms. The highest BCUT2D eigenvalue weighted by molar-refractivity contribution is 5.93. The Labute approximate surface area is 169 Å². The van der Waals surface area contributed by atoms with Crippen LogP contribution in [0.1, 0.15) is 34.9 Å². The van der Waals surface area contributed by atoms with Crippen molar-refractivity contribution in [2.24, 2.45) is 0 Å². The minimum Gasteiger partial charge on any atom is -0.328 e. The van der Waals surface area contributed by atoms with E-state index in [4.69, 9.17) is 0 Å². The van der Waals surface area contributed by atoms with Crippen molar-refractivity contribution in [2.75, 3.05) is 19.6 Å². The summed E-state index contributed by atoms with van der Waals surface area (Å²) in [7, 11) is 0. The fourth-order valence-electron chi connectivity index (χ4n) is 4.13. The quantitative estimate of drug-likeness (QED) is 0.736. The number of carbonyl (C=O) groups excluding carboxylic acids is 1. The highest BCUT2D eigenvalue weighted by atomic mass is 19.1. The molecule has 2 aromatic carbocycles. The first-order chi connectivity index (χ1) is 14.2. The molecule has 1 aliphatic heterocycles. The smallest absolute Gasteiger partial charge is 0.272 e. The minimum atomic E-state index is -0.292. The average molecular weight is 390 g/mol. The molecular weight excluding hydrogens is 367 g/mol. The highest BCUT2D eigenvalue weighted by Gasteiger charge is 2.38. The van der Waals surface area contributed by atoms with E-state index in [1.807, 2.05) is 23.1 Å². The second-order valence-corrected chi connectivity index (χ2v) is 7.82. The molecule has 5 rings (SSSR count). The third-order valence-electron chi connectivity index (χ3n) is 5.87. The lowest BCUT2D eigenvalue weighted by Gasteiger charge is -2.41. The summed E-state index contributed by atoms with van der Waals surface area (Å²) >= 11 is 0. The van der Waals surface area contributed by atoms with Gasteiger partial charge in [0.1, 0.15) is 11.5 Å². The predicted octanol–water partition coefficient (Wildman–Crippen LogP) is 3.88. The van der Waals surface area contributed by atoms with E-state index in [-0.39, 0.29) is 17.8 Å². The zero-order valence-corrected chi connectivity index (χ0v) is 16.1. The predicted molar refractivity (Wildman–Crippen MR) is 109 cm³/mol. The normalized spacial score (nSPS) is 20.0. The lowest BCUT2D eigenvalue weighted by molar-refractivity contribution is 0.0427. The molecule has 6 heteroatoms. The van der Waals surface area contributed by atoms with Gasteiger partial charge in [-0.25, -0.2) is 4.39 Å². The van der Waals surface area contributed by atoms with E-state index < -0.39 is 0 Å². The monoisotopic (exact) mass is 390 g/mol. The van der Waals surface area contributed by atoms with Gasteiger partial charge in [0.15, 0.2) is 0 Å². The minimum absolute atomic E-state index is 0.0237. The van der Waals surface area contributed by atoms with E-state index in [0.29, 0.717) is 24.0 Å². The number of hydrogen-bond donors (Lipinski definition) is 1. The van der Waals surface area contributed by atoms with Crippen molar-refractivity contribution in [3.63, 3.8) is 0 Å². The van der Waals surface area contributed by atoms with E-state index in [2.05, 4.69) is 27.2 Å². The van der Waals surface area contributed by atoms with Crippen molar-refractivity contribution in [2.45, 2.75) is 24.9 Å². The topological polar surface area (TPSA) is 52.2 Å². The molecule has 1 saturated heterocycles. The molecule has 2 aliphatic rings. The number of aromatic amines is 1. The van der Waals surface area contributed by atoms with Gasteiger partial charge in [0, 0.05) is 31.2 Å². The highest BCUT2D eigenvalue weighted by Crippen LogP contribution is 2.34. The molecule has 3 aromatic rings. The third-order valence-corrected chi connectivity index (χ3v) is 5.87. The summed E-state index contributed by atoms with van der Waals surface area (Å²) < 4.78 is 13.2. The van der Waals surface area contributed by atoms with Crippen LogP contribution in [-0.2, 0) is 0 Å². The van der Waals surface area contributed by atoms with Gasteiger partial charge in [0.25, 0.3) is 5.91 Å². The Morgan fingerprint density at radius 3 is 2.52 bits per heavy atom. The molecule has 2 heterocycles. The van der Waals surface area contributed by atoms with Gasteiger partial charge in [-0.3, -0.25) is 14.8 Å². The van der Waals surface area contributed by atoms with Crippen LogP contribution in [0.3, 0.4) is 0 Å². The second-order valence-electron chi connectivity index (χ2n) is 7.82. The van der Waals surface area contributed by atoms with Crippen LogP contribution in [-0.4, -0.2) is 51.6 Å². The third kappa shape index (κ3) is 3.68. The fourth-order valence-corrected chi connectivity index (χ4v) is 4.13. The summed E-state index contributed by atoms with van der Waals surface area (Å²) in [6.07, 6.45) is 2.52. The Morgan fingerprint density at radius 2 is 1.79 bits per heavy atom. The van der Waals surface area contributed by atoms with Gasteiger partial charge in [-0.1, -0.05) is 30.3 Å². The Bertz CT molecular complexity index is 997. The number of benzene rings is 2. The number of carbonyl (C=O) groups is 1. The van der Waals surface area contributed by atoms with Crippen LogP contribution in [0.2, 0.25) is 0 Å². The van der Waals surface area contributed by atoms with E-state index in [1.54, 1.807) is 18.2 Å². The van der Waals surface area contributed by atoms with Crippen LogP contribution in [0.5, 0.6) is 0 Å². The van der Waals surface area contributed by atoms with E-state index in [0.717, 1.165) is 24.2 Å². The molecule has 1 unspecified atom stereocenters. The number of hydrogen-bond acceptors (Lipinski definition) is 3. The van der Waals surface area contributed by atoms with Gasteiger partial charge in [0.05, 0.1) is 11.7 Å². The van der Waals surface area contributed by atoms with Crippen LogP contribution in [0.15, 0.2) is 60.7 Å². The molecule has 1 saturated carbocycles. The lowest BCUT2D eigenvalue weighted by Crippen LogP contribution is -2.51. The largest absolute Gasteiger partial charge is 0.328 e. The van der Waals surface area contributed by atoms with Crippen molar-refractivity contribution < 1.29 is 9.18 Å². The molecule has 1 N–H and O–H groups in total. The van der Waals surface area contributed by atoms with Crippen molar-refractivity contribution >= 4 is 5.91 Å². The van der Waals surface area contributed by atoms with E-state index in [1.165, 1.54) is 25.0 Å². The van der Waals surface area contributed by atoms with Crippen LogP contribution >= 0.6 is 0 Å². The molecule has 148 valence electrons.